The zero-order chi connectivity index (χ0) is 13.9. The molecule has 1 saturated carbocycles. The lowest BCUT2D eigenvalue weighted by atomic mass is 9.78. The second-order valence-corrected chi connectivity index (χ2v) is 7.13. The highest BCUT2D eigenvalue weighted by Crippen LogP contribution is 2.29. The molecule has 1 aromatic carbocycles. The first-order valence-electron chi connectivity index (χ1n) is 7.78. The van der Waals surface area contributed by atoms with Crippen LogP contribution in [-0.4, -0.2) is 12.6 Å². The molecule has 3 atom stereocenters. The first-order chi connectivity index (χ1) is 8.99. The molecule has 1 nitrogen and oxygen atoms in total. The van der Waals surface area contributed by atoms with E-state index < -0.39 is 0 Å². The summed E-state index contributed by atoms with van der Waals surface area (Å²) in [6.07, 6.45) is 4.12. The molecule has 0 amide bonds. The van der Waals surface area contributed by atoms with Gasteiger partial charge in [0, 0.05) is 18.0 Å². The van der Waals surface area contributed by atoms with Gasteiger partial charge in [0.15, 0.2) is 0 Å². The van der Waals surface area contributed by atoms with Gasteiger partial charge in [-0.3, -0.25) is 0 Å². The van der Waals surface area contributed by atoms with Gasteiger partial charge in [-0.2, -0.15) is 0 Å². The van der Waals surface area contributed by atoms with E-state index in [1.54, 1.807) is 0 Å². The van der Waals surface area contributed by atoms with Crippen LogP contribution >= 0.6 is 0 Å². The second kappa shape index (κ2) is 6.09. The summed E-state index contributed by atoms with van der Waals surface area (Å²) in [4.78, 5) is 0. The van der Waals surface area contributed by atoms with Crippen LogP contribution in [0.2, 0.25) is 0 Å². The average Bonchev–Trinajstić information content (AvgIpc) is 2.41. The van der Waals surface area contributed by atoms with Crippen molar-refractivity contribution >= 4 is 0 Å². The summed E-state index contributed by atoms with van der Waals surface area (Å²) in [6, 6.07) is 11.6. The fourth-order valence-corrected chi connectivity index (χ4v) is 3.19. The standard InChI is InChI=1S/C18H29N/c1-14-10-11-15(2)17(12-14)19-13-18(3,4)16-8-6-5-7-9-16/h5-9,14-15,17,19H,10-13H2,1-4H3. The number of hydrogen-bond donors (Lipinski definition) is 1. The Hall–Kier alpha value is -0.820. The highest BCUT2D eigenvalue weighted by atomic mass is 14.9. The molecule has 1 aromatic rings. The topological polar surface area (TPSA) is 12.0 Å². The van der Waals surface area contributed by atoms with Crippen LogP contribution in [0.4, 0.5) is 0 Å². The smallest absolute Gasteiger partial charge is 0.00955 e. The Balaban J connectivity index is 1.94. The van der Waals surface area contributed by atoms with Crippen LogP contribution in [0.3, 0.4) is 0 Å². The third kappa shape index (κ3) is 3.82. The van der Waals surface area contributed by atoms with Crippen LogP contribution in [0.15, 0.2) is 30.3 Å². The van der Waals surface area contributed by atoms with Crippen LogP contribution in [0.1, 0.15) is 52.5 Å². The summed E-state index contributed by atoms with van der Waals surface area (Å²) in [5.41, 5.74) is 1.64. The van der Waals surface area contributed by atoms with Crippen molar-refractivity contribution in [3.8, 4) is 0 Å². The molecule has 0 aliphatic heterocycles. The van der Waals surface area contributed by atoms with Crippen molar-refractivity contribution < 1.29 is 0 Å². The number of rotatable bonds is 4. The monoisotopic (exact) mass is 259 g/mol. The second-order valence-electron chi connectivity index (χ2n) is 7.13. The Morgan fingerprint density at radius 3 is 2.47 bits per heavy atom. The molecular formula is C18H29N. The number of nitrogens with one attached hydrogen (secondary N) is 1. The molecule has 1 N–H and O–H groups in total. The van der Waals surface area contributed by atoms with Gasteiger partial charge in [-0.1, -0.05) is 64.4 Å². The van der Waals surface area contributed by atoms with Gasteiger partial charge in [-0.25, -0.2) is 0 Å². The first kappa shape index (κ1) is 14.6. The van der Waals surface area contributed by atoms with E-state index in [4.69, 9.17) is 0 Å². The molecule has 0 saturated heterocycles. The average molecular weight is 259 g/mol. The molecule has 1 aliphatic carbocycles. The van der Waals surface area contributed by atoms with Crippen molar-refractivity contribution in [1.29, 1.82) is 0 Å². The first-order valence-corrected chi connectivity index (χ1v) is 7.78. The van der Waals surface area contributed by atoms with Crippen molar-refractivity contribution in [3.63, 3.8) is 0 Å². The maximum absolute atomic E-state index is 3.84. The predicted octanol–water partition coefficient (Wildman–Crippen LogP) is 4.38. The van der Waals surface area contributed by atoms with Crippen molar-refractivity contribution in [2.45, 2.75) is 58.4 Å². The van der Waals surface area contributed by atoms with E-state index in [1.807, 2.05) is 0 Å². The predicted molar refractivity (Wildman–Crippen MR) is 83.4 cm³/mol. The lowest BCUT2D eigenvalue weighted by molar-refractivity contribution is 0.219. The van der Waals surface area contributed by atoms with Crippen LogP contribution in [0, 0.1) is 11.8 Å². The van der Waals surface area contributed by atoms with Gasteiger partial charge in [0.2, 0.25) is 0 Å². The van der Waals surface area contributed by atoms with Gasteiger partial charge >= 0.3 is 0 Å². The summed E-state index contributed by atoms with van der Waals surface area (Å²) in [6.45, 7) is 10.5. The fraction of sp³-hybridized carbons (Fsp3) is 0.667. The third-order valence-corrected chi connectivity index (χ3v) is 4.82. The Bertz CT molecular complexity index is 382. The molecule has 0 spiro atoms. The minimum Gasteiger partial charge on any atom is -0.313 e. The molecule has 0 radical (unpaired) electrons. The van der Waals surface area contributed by atoms with Crippen LogP contribution in [0.5, 0.6) is 0 Å². The minimum absolute atomic E-state index is 0.210. The molecule has 19 heavy (non-hydrogen) atoms. The van der Waals surface area contributed by atoms with Gasteiger partial charge < -0.3 is 5.32 Å². The number of benzene rings is 1. The van der Waals surface area contributed by atoms with Crippen molar-refractivity contribution in [2.24, 2.45) is 11.8 Å². The summed E-state index contributed by atoms with van der Waals surface area (Å²) in [5.74, 6) is 1.70. The molecule has 0 heterocycles. The quantitative estimate of drug-likeness (QED) is 0.846. The molecule has 1 aliphatic rings. The summed E-state index contributed by atoms with van der Waals surface area (Å²) < 4.78 is 0. The highest BCUT2D eigenvalue weighted by Gasteiger charge is 2.27. The van der Waals surface area contributed by atoms with Gasteiger partial charge in [0.25, 0.3) is 0 Å². The van der Waals surface area contributed by atoms with Gasteiger partial charge in [0.1, 0.15) is 0 Å². The Labute approximate surface area is 118 Å². The molecule has 1 fully saturated rings. The van der Waals surface area contributed by atoms with Gasteiger partial charge in [-0.05, 0) is 30.2 Å². The molecular weight excluding hydrogens is 230 g/mol. The van der Waals surface area contributed by atoms with Crippen molar-refractivity contribution in [1.82, 2.24) is 5.32 Å². The highest BCUT2D eigenvalue weighted by molar-refractivity contribution is 5.23. The Kier molecular flexibility index (Phi) is 4.67. The van der Waals surface area contributed by atoms with E-state index in [-0.39, 0.29) is 5.41 Å². The molecule has 106 valence electrons. The van der Waals surface area contributed by atoms with E-state index in [0.29, 0.717) is 6.04 Å². The van der Waals surface area contributed by atoms with Gasteiger partial charge in [-0.15, -0.1) is 0 Å². The van der Waals surface area contributed by atoms with Crippen LogP contribution < -0.4 is 5.32 Å². The summed E-state index contributed by atoms with van der Waals surface area (Å²) in [7, 11) is 0. The minimum atomic E-state index is 0.210. The van der Waals surface area contributed by atoms with E-state index in [2.05, 4.69) is 63.3 Å². The molecule has 3 unspecified atom stereocenters. The molecule has 0 aromatic heterocycles. The summed E-state index contributed by atoms with van der Waals surface area (Å²) >= 11 is 0. The largest absolute Gasteiger partial charge is 0.313 e. The lowest BCUT2D eigenvalue weighted by Crippen LogP contribution is -2.44. The van der Waals surface area contributed by atoms with E-state index in [0.717, 1.165) is 18.4 Å². The third-order valence-electron chi connectivity index (χ3n) is 4.82. The molecule has 2 rings (SSSR count). The molecule has 1 heteroatoms. The zero-order valence-electron chi connectivity index (χ0n) is 12.9. The normalized spacial score (nSPS) is 28.3. The molecule has 0 bridgehead atoms. The van der Waals surface area contributed by atoms with Gasteiger partial charge in [0.05, 0.1) is 0 Å². The lowest BCUT2D eigenvalue weighted by Gasteiger charge is -2.36. The zero-order valence-corrected chi connectivity index (χ0v) is 12.9. The van der Waals surface area contributed by atoms with E-state index in [1.165, 1.54) is 24.8 Å². The number of hydrogen-bond acceptors (Lipinski definition) is 1. The van der Waals surface area contributed by atoms with E-state index >= 15 is 0 Å². The Morgan fingerprint density at radius 1 is 1.11 bits per heavy atom. The summed E-state index contributed by atoms with van der Waals surface area (Å²) in [5, 5.41) is 3.84. The SMILES string of the molecule is CC1CCC(C)C(NCC(C)(C)c2ccccc2)C1. The van der Waals surface area contributed by atoms with E-state index in [9.17, 15) is 0 Å². The van der Waals surface area contributed by atoms with Crippen molar-refractivity contribution in [3.05, 3.63) is 35.9 Å². The van der Waals surface area contributed by atoms with Crippen LogP contribution in [0.25, 0.3) is 0 Å². The fourth-order valence-electron chi connectivity index (χ4n) is 3.19. The maximum atomic E-state index is 3.84. The van der Waals surface area contributed by atoms with Crippen molar-refractivity contribution in [2.75, 3.05) is 6.54 Å². The maximum Gasteiger partial charge on any atom is 0.00955 e. The Morgan fingerprint density at radius 2 is 1.79 bits per heavy atom. The van der Waals surface area contributed by atoms with Crippen LogP contribution in [-0.2, 0) is 5.41 Å².